The van der Waals surface area contributed by atoms with E-state index in [2.05, 4.69) is 4.74 Å². The summed E-state index contributed by atoms with van der Waals surface area (Å²) in [6.45, 7) is 3.72. The van der Waals surface area contributed by atoms with Gasteiger partial charge in [0.2, 0.25) is 5.91 Å². The van der Waals surface area contributed by atoms with Crippen molar-refractivity contribution in [2.75, 3.05) is 13.7 Å². The summed E-state index contributed by atoms with van der Waals surface area (Å²) in [4.78, 5) is 25.6. The van der Waals surface area contributed by atoms with Crippen LogP contribution in [0.3, 0.4) is 0 Å². The molecule has 25 heavy (non-hydrogen) atoms. The number of hydrogen-bond donors (Lipinski definition) is 1. The summed E-state index contributed by atoms with van der Waals surface area (Å²) >= 11 is 0. The zero-order chi connectivity index (χ0) is 18.7. The van der Waals surface area contributed by atoms with E-state index in [1.165, 1.54) is 24.1 Å². The van der Waals surface area contributed by atoms with Crippen LogP contribution in [0.25, 0.3) is 0 Å². The van der Waals surface area contributed by atoms with E-state index in [0.717, 1.165) is 5.56 Å². The van der Waals surface area contributed by atoms with E-state index in [1.807, 2.05) is 0 Å². The molecule has 0 saturated carbocycles. The quantitative estimate of drug-likeness (QED) is 0.795. The van der Waals surface area contributed by atoms with Crippen molar-refractivity contribution >= 4 is 11.9 Å². The SMILES string of the molecule is CCN(C(=O)CC(N)C1CCc2cc(F)c(F)cc21)C(C)C(=O)OC. The van der Waals surface area contributed by atoms with Crippen LogP contribution in [0.2, 0.25) is 0 Å². The van der Waals surface area contributed by atoms with E-state index in [1.54, 1.807) is 13.8 Å². The highest BCUT2D eigenvalue weighted by atomic mass is 19.2. The minimum atomic E-state index is -0.904. The van der Waals surface area contributed by atoms with Crippen molar-refractivity contribution < 1.29 is 23.1 Å². The topological polar surface area (TPSA) is 72.6 Å². The Morgan fingerprint density at radius 3 is 2.60 bits per heavy atom. The van der Waals surface area contributed by atoms with E-state index in [9.17, 15) is 18.4 Å². The molecule has 0 spiro atoms. The summed E-state index contributed by atoms with van der Waals surface area (Å²) in [5.41, 5.74) is 7.61. The molecule has 7 heteroatoms. The van der Waals surface area contributed by atoms with Crippen LogP contribution >= 0.6 is 0 Å². The number of carbonyl (C=O) groups excluding carboxylic acids is 2. The summed E-state index contributed by atoms with van der Waals surface area (Å²) < 4.78 is 31.6. The Morgan fingerprint density at radius 2 is 2.00 bits per heavy atom. The molecular weight excluding hydrogens is 330 g/mol. The van der Waals surface area contributed by atoms with Crippen molar-refractivity contribution in [3.05, 3.63) is 34.9 Å². The second kappa shape index (κ2) is 7.91. The van der Waals surface area contributed by atoms with Gasteiger partial charge in [0.05, 0.1) is 7.11 Å². The maximum absolute atomic E-state index is 13.5. The number of amides is 1. The van der Waals surface area contributed by atoms with Gasteiger partial charge in [-0.15, -0.1) is 0 Å². The van der Waals surface area contributed by atoms with E-state index in [0.29, 0.717) is 24.9 Å². The number of nitrogens with two attached hydrogens (primary N) is 1. The molecule has 0 saturated heterocycles. The van der Waals surface area contributed by atoms with Crippen LogP contribution in [0, 0.1) is 11.6 Å². The first kappa shape index (κ1) is 19.3. The Balaban J connectivity index is 2.10. The molecule has 1 aliphatic rings. The number of rotatable bonds is 6. The molecule has 1 aromatic carbocycles. The van der Waals surface area contributed by atoms with Crippen LogP contribution in [0.5, 0.6) is 0 Å². The number of fused-ring (bicyclic) bond motifs is 1. The van der Waals surface area contributed by atoms with Crippen molar-refractivity contribution in [1.82, 2.24) is 4.90 Å². The van der Waals surface area contributed by atoms with Crippen molar-refractivity contribution in [2.45, 2.75) is 51.1 Å². The molecule has 0 aromatic heterocycles. The number of nitrogens with zero attached hydrogens (tertiary/aromatic N) is 1. The number of esters is 1. The van der Waals surface area contributed by atoms with Crippen molar-refractivity contribution in [2.24, 2.45) is 5.73 Å². The van der Waals surface area contributed by atoms with Gasteiger partial charge >= 0.3 is 5.97 Å². The lowest BCUT2D eigenvalue weighted by Crippen LogP contribution is -2.46. The fourth-order valence-electron chi connectivity index (χ4n) is 3.50. The molecule has 1 aromatic rings. The van der Waals surface area contributed by atoms with Crippen LogP contribution < -0.4 is 5.73 Å². The van der Waals surface area contributed by atoms with E-state index >= 15 is 0 Å². The maximum atomic E-state index is 13.5. The number of halogens is 2. The third-order valence-electron chi connectivity index (χ3n) is 4.90. The highest BCUT2D eigenvalue weighted by Crippen LogP contribution is 2.37. The molecule has 0 fully saturated rings. The summed E-state index contributed by atoms with van der Waals surface area (Å²) in [7, 11) is 1.27. The van der Waals surface area contributed by atoms with Gasteiger partial charge in [-0.1, -0.05) is 0 Å². The molecule has 3 unspecified atom stereocenters. The molecule has 1 aliphatic carbocycles. The lowest BCUT2D eigenvalue weighted by molar-refractivity contribution is -0.152. The van der Waals surface area contributed by atoms with Crippen LogP contribution in [0.1, 0.15) is 43.7 Å². The Bertz CT molecular complexity index is 666. The first-order valence-corrected chi connectivity index (χ1v) is 8.40. The maximum Gasteiger partial charge on any atom is 0.328 e. The summed E-state index contributed by atoms with van der Waals surface area (Å²) in [5.74, 6) is -2.73. The first-order chi connectivity index (χ1) is 11.8. The van der Waals surface area contributed by atoms with Crippen LogP contribution in [-0.4, -0.2) is 42.5 Å². The van der Waals surface area contributed by atoms with Gasteiger partial charge in [-0.2, -0.15) is 0 Å². The largest absolute Gasteiger partial charge is 0.467 e. The Hall–Kier alpha value is -2.02. The van der Waals surface area contributed by atoms with E-state index in [4.69, 9.17) is 5.73 Å². The lowest BCUT2D eigenvalue weighted by atomic mass is 9.91. The van der Waals surface area contributed by atoms with Gasteiger partial charge in [0.1, 0.15) is 6.04 Å². The highest BCUT2D eigenvalue weighted by molar-refractivity contribution is 5.84. The Kier molecular flexibility index (Phi) is 6.11. The molecule has 3 atom stereocenters. The minimum absolute atomic E-state index is 0.0261. The van der Waals surface area contributed by atoms with Gasteiger partial charge in [-0.05, 0) is 49.9 Å². The first-order valence-electron chi connectivity index (χ1n) is 8.40. The van der Waals surface area contributed by atoms with Crippen LogP contribution in [-0.2, 0) is 20.7 Å². The van der Waals surface area contributed by atoms with Gasteiger partial charge in [0.25, 0.3) is 0 Å². The molecule has 0 radical (unpaired) electrons. The van der Waals surface area contributed by atoms with E-state index < -0.39 is 29.7 Å². The summed E-state index contributed by atoms with van der Waals surface area (Å²) in [6, 6.07) is 1.16. The second-order valence-electron chi connectivity index (χ2n) is 6.36. The van der Waals surface area contributed by atoms with Crippen molar-refractivity contribution in [3.8, 4) is 0 Å². The number of hydrogen-bond acceptors (Lipinski definition) is 4. The Labute approximate surface area is 146 Å². The molecule has 0 heterocycles. The van der Waals surface area contributed by atoms with E-state index in [-0.39, 0.29) is 18.2 Å². The van der Waals surface area contributed by atoms with Crippen LogP contribution in [0.15, 0.2) is 12.1 Å². The molecular formula is C18H24F2N2O3. The van der Waals surface area contributed by atoms with Gasteiger partial charge in [-0.3, -0.25) is 4.79 Å². The monoisotopic (exact) mass is 354 g/mol. The van der Waals surface area contributed by atoms with Crippen molar-refractivity contribution in [3.63, 3.8) is 0 Å². The van der Waals surface area contributed by atoms with Gasteiger partial charge in [0, 0.05) is 24.9 Å². The number of carbonyl (C=O) groups is 2. The third-order valence-corrected chi connectivity index (χ3v) is 4.90. The number of methoxy groups -OCH3 is 1. The normalized spacial score (nSPS) is 18.4. The fraction of sp³-hybridized carbons (Fsp3) is 0.556. The zero-order valence-electron chi connectivity index (χ0n) is 14.7. The smallest absolute Gasteiger partial charge is 0.328 e. The molecule has 0 aliphatic heterocycles. The summed E-state index contributed by atoms with van der Waals surface area (Å²) in [6.07, 6.45) is 1.28. The Morgan fingerprint density at radius 1 is 1.36 bits per heavy atom. The number of ether oxygens (including phenoxy) is 1. The summed E-state index contributed by atoms with van der Waals surface area (Å²) in [5, 5.41) is 0. The second-order valence-corrected chi connectivity index (χ2v) is 6.36. The fourth-order valence-corrected chi connectivity index (χ4v) is 3.50. The van der Waals surface area contributed by atoms with Gasteiger partial charge in [-0.25, -0.2) is 13.6 Å². The predicted molar refractivity (Wildman–Crippen MR) is 88.9 cm³/mol. The zero-order valence-corrected chi connectivity index (χ0v) is 14.7. The lowest BCUT2D eigenvalue weighted by Gasteiger charge is -2.28. The standard InChI is InChI=1S/C18H24F2N2O3/c1-4-22(10(2)18(24)25-3)17(23)9-16(21)12-6-5-11-7-14(19)15(20)8-13(11)12/h7-8,10,12,16H,4-6,9,21H2,1-3H3. The average Bonchev–Trinajstić information content (AvgIpc) is 2.97. The predicted octanol–water partition coefficient (Wildman–Crippen LogP) is 2.12. The molecule has 138 valence electrons. The highest BCUT2D eigenvalue weighted by Gasteiger charge is 2.33. The molecule has 1 amide bonds. The number of benzene rings is 1. The molecule has 2 rings (SSSR count). The van der Waals surface area contributed by atoms with Gasteiger partial charge in [0.15, 0.2) is 11.6 Å². The minimum Gasteiger partial charge on any atom is -0.467 e. The average molecular weight is 354 g/mol. The molecule has 5 nitrogen and oxygen atoms in total. The molecule has 0 bridgehead atoms. The van der Waals surface area contributed by atoms with Crippen molar-refractivity contribution in [1.29, 1.82) is 0 Å². The number of likely N-dealkylation sites (N-methyl/N-ethyl adjacent to an activating group) is 1. The third kappa shape index (κ3) is 3.98. The van der Waals surface area contributed by atoms with Gasteiger partial charge < -0.3 is 15.4 Å². The molecule has 2 N–H and O–H groups in total. The number of aryl methyl sites for hydroxylation is 1. The van der Waals surface area contributed by atoms with Crippen LogP contribution in [0.4, 0.5) is 8.78 Å².